The molecule has 3 rings (SSSR count). The van der Waals surface area contributed by atoms with Crippen molar-refractivity contribution in [1.82, 2.24) is 29.3 Å². The first-order valence-corrected chi connectivity index (χ1v) is 9.05. The van der Waals surface area contributed by atoms with E-state index in [-0.39, 0.29) is 23.7 Å². The molecule has 2 amide bonds. The molecular weight excluding hydrogens is 394 g/mol. The summed E-state index contributed by atoms with van der Waals surface area (Å²) in [6.07, 6.45) is 2.91. The van der Waals surface area contributed by atoms with Crippen LogP contribution in [0.15, 0.2) is 18.5 Å². The van der Waals surface area contributed by atoms with E-state index in [1.165, 1.54) is 27.8 Å². The molecule has 158 valence electrons. The van der Waals surface area contributed by atoms with Gasteiger partial charge in [-0.3, -0.25) is 19.0 Å². The summed E-state index contributed by atoms with van der Waals surface area (Å²) in [5.41, 5.74) is 2.18. The fourth-order valence-corrected chi connectivity index (χ4v) is 2.83. The minimum atomic E-state index is -0.629. The van der Waals surface area contributed by atoms with E-state index >= 15 is 0 Å². The molecule has 13 heteroatoms. The van der Waals surface area contributed by atoms with Gasteiger partial charge in [0.1, 0.15) is 12.2 Å². The number of aromatic nitrogens is 6. The molecule has 0 radical (unpaired) electrons. The molecule has 0 spiro atoms. The Balaban J connectivity index is 1.79. The Kier molecular flexibility index (Phi) is 5.62. The summed E-state index contributed by atoms with van der Waals surface area (Å²) in [6, 6.07) is 1.28. The van der Waals surface area contributed by atoms with Crippen molar-refractivity contribution in [3.63, 3.8) is 0 Å². The summed E-state index contributed by atoms with van der Waals surface area (Å²) in [5, 5.41) is 28.3. The zero-order valence-corrected chi connectivity index (χ0v) is 16.9. The minimum Gasteiger partial charge on any atom is -0.358 e. The third-order valence-corrected chi connectivity index (χ3v) is 4.56. The zero-order valence-electron chi connectivity index (χ0n) is 16.9. The average Bonchev–Trinajstić information content (AvgIpc) is 3.35. The second kappa shape index (κ2) is 8.14. The van der Waals surface area contributed by atoms with Crippen LogP contribution in [0.1, 0.15) is 28.8 Å². The average molecular weight is 415 g/mol. The van der Waals surface area contributed by atoms with E-state index in [2.05, 4.69) is 25.9 Å². The molecule has 0 aliphatic heterocycles. The first-order chi connectivity index (χ1) is 14.2. The van der Waals surface area contributed by atoms with Crippen LogP contribution >= 0.6 is 0 Å². The predicted molar refractivity (Wildman–Crippen MR) is 106 cm³/mol. The molecule has 0 fully saturated rings. The fraction of sp³-hybridized carbons (Fsp3) is 0.353. The van der Waals surface area contributed by atoms with Crippen molar-refractivity contribution in [2.24, 2.45) is 7.05 Å². The van der Waals surface area contributed by atoms with E-state index in [4.69, 9.17) is 0 Å². The van der Waals surface area contributed by atoms with Crippen molar-refractivity contribution < 1.29 is 14.5 Å². The number of nitro groups is 1. The van der Waals surface area contributed by atoms with Crippen molar-refractivity contribution in [2.75, 3.05) is 10.6 Å². The molecule has 0 saturated heterocycles. The molecule has 0 atom stereocenters. The van der Waals surface area contributed by atoms with Crippen LogP contribution in [0.4, 0.5) is 17.2 Å². The van der Waals surface area contributed by atoms with E-state index in [9.17, 15) is 19.7 Å². The van der Waals surface area contributed by atoms with Crippen LogP contribution in [-0.4, -0.2) is 46.1 Å². The van der Waals surface area contributed by atoms with Crippen LogP contribution in [0.3, 0.4) is 0 Å². The van der Waals surface area contributed by atoms with E-state index < -0.39 is 16.7 Å². The van der Waals surface area contributed by atoms with Gasteiger partial charge in [0.05, 0.1) is 46.3 Å². The summed E-state index contributed by atoms with van der Waals surface area (Å²) >= 11 is 0. The van der Waals surface area contributed by atoms with Crippen molar-refractivity contribution >= 4 is 29.0 Å². The number of carbonyl (C=O) groups is 2. The molecule has 3 heterocycles. The topological polar surface area (TPSA) is 155 Å². The molecule has 2 N–H and O–H groups in total. The minimum absolute atomic E-state index is 0.178. The molecule has 3 aromatic rings. The SMILES string of the molecule is CCn1ncc(NC(=O)Cn2nc([N+](=O)[O-])cc2C)c1C(=O)Nc1cnn(C)c1C. The molecule has 0 unspecified atom stereocenters. The molecule has 3 aromatic heterocycles. The van der Waals surface area contributed by atoms with Gasteiger partial charge in [-0.15, -0.1) is 0 Å². The largest absolute Gasteiger partial charge is 0.390 e. The van der Waals surface area contributed by atoms with Crippen molar-refractivity contribution in [2.45, 2.75) is 33.9 Å². The maximum Gasteiger partial charge on any atom is 0.390 e. The van der Waals surface area contributed by atoms with Gasteiger partial charge >= 0.3 is 5.82 Å². The van der Waals surface area contributed by atoms with Gasteiger partial charge < -0.3 is 20.7 Å². The Labute approximate surface area is 170 Å². The maximum absolute atomic E-state index is 12.9. The van der Waals surface area contributed by atoms with Crippen LogP contribution in [0, 0.1) is 24.0 Å². The highest BCUT2D eigenvalue weighted by Crippen LogP contribution is 2.20. The van der Waals surface area contributed by atoms with Gasteiger partial charge in [0.2, 0.25) is 5.91 Å². The number of aryl methyl sites for hydroxylation is 3. The maximum atomic E-state index is 12.9. The van der Waals surface area contributed by atoms with Gasteiger partial charge in [-0.05, 0) is 25.7 Å². The van der Waals surface area contributed by atoms with Crippen molar-refractivity contribution in [3.05, 3.63) is 45.7 Å². The fourth-order valence-electron chi connectivity index (χ4n) is 2.83. The monoisotopic (exact) mass is 415 g/mol. The van der Waals surface area contributed by atoms with Gasteiger partial charge in [0.15, 0.2) is 0 Å². The molecule has 0 aromatic carbocycles. The molecule has 0 saturated carbocycles. The predicted octanol–water partition coefficient (Wildman–Crippen LogP) is 1.25. The zero-order chi connectivity index (χ0) is 22.0. The second-order valence-corrected chi connectivity index (χ2v) is 6.55. The highest BCUT2D eigenvalue weighted by molar-refractivity contribution is 6.09. The molecule has 0 bridgehead atoms. The van der Waals surface area contributed by atoms with Crippen molar-refractivity contribution in [3.8, 4) is 0 Å². The van der Waals surface area contributed by atoms with Crippen molar-refractivity contribution in [1.29, 1.82) is 0 Å². The third-order valence-electron chi connectivity index (χ3n) is 4.56. The number of hydrogen-bond acceptors (Lipinski definition) is 7. The summed E-state index contributed by atoms with van der Waals surface area (Å²) in [5.74, 6) is -1.30. The van der Waals surface area contributed by atoms with Gasteiger partial charge in [0, 0.05) is 13.6 Å². The van der Waals surface area contributed by atoms with Gasteiger partial charge in [-0.25, -0.2) is 0 Å². The Morgan fingerprint density at radius 1 is 1.13 bits per heavy atom. The normalized spacial score (nSPS) is 10.8. The van der Waals surface area contributed by atoms with Gasteiger partial charge in [-0.2, -0.15) is 14.9 Å². The summed E-state index contributed by atoms with van der Waals surface area (Å²) < 4.78 is 4.30. The van der Waals surface area contributed by atoms with Crippen LogP contribution < -0.4 is 10.6 Å². The first kappa shape index (κ1) is 20.7. The number of nitrogens with zero attached hydrogens (tertiary/aromatic N) is 7. The lowest BCUT2D eigenvalue weighted by atomic mass is 10.3. The number of rotatable bonds is 7. The van der Waals surface area contributed by atoms with Crippen LogP contribution in [0.25, 0.3) is 0 Å². The number of nitrogens with one attached hydrogen (secondary N) is 2. The second-order valence-electron chi connectivity index (χ2n) is 6.55. The highest BCUT2D eigenvalue weighted by atomic mass is 16.6. The van der Waals surface area contributed by atoms with E-state index in [1.54, 1.807) is 18.7 Å². The van der Waals surface area contributed by atoms with E-state index in [0.717, 1.165) is 5.69 Å². The van der Waals surface area contributed by atoms with Crippen LogP contribution in [-0.2, 0) is 24.9 Å². The smallest absolute Gasteiger partial charge is 0.358 e. The van der Waals surface area contributed by atoms with E-state index in [0.29, 0.717) is 17.9 Å². The van der Waals surface area contributed by atoms with Gasteiger partial charge in [-0.1, -0.05) is 0 Å². The summed E-state index contributed by atoms with van der Waals surface area (Å²) in [7, 11) is 1.76. The van der Waals surface area contributed by atoms with Crippen LogP contribution in [0.5, 0.6) is 0 Å². The third kappa shape index (κ3) is 4.04. The number of carbonyl (C=O) groups excluding carboxylic acids is 2. The lowest BCUT2D eigenvalue weighted by Gasteiger charge is -2.10. The first-order valence-electron chi connectivity index (χ1n) is 9.05. The molecule has 0 aliphatic rings. The molecular formula is C17H21N9O4. The quantitative estimate of drug-likeness (QED) is 0.434. The Morgan fingerprint density at radius 3 is 2.40 bits per heavy atom. The standard InChI is InChI=1S/C17H21N9O4/c1-5-24-16(17(28)21-12-7-18-23(4)11(12)3)13(8-19-24)20-15(27)9-25-10(2)6-14(22-25)26(29)30/h6-8H,5,9H2,1-4H3,(H,20,27)(H,21,28). The van der Waals surface area contributed by atoms with Gasteiger partial charge in [0.25, 0.3) is 5.91 Å². The highest BCUT2D eigenvalue weighted by Gasteiger charge is 2.23. The van der Waals surface area contributed by atoms with Crippen LogP contribution in [0.2, 0.25) is 0 Å². The number of hydrogen-bond donors (Lipinski definition) is 2. The molecule has 30 heavy (non-hydrogen) atoms. The molecule has 13 nitrogen and oxygen atoms in total. The lowest BCUT2D eigenvalue weighted by molar-refractivity contribution is -0.389. The molecule has 0 aliphatic carbocycles. The number of anilines is 2. The number of amides is 2. The Bertz CT molecular complexity index is 1120. The van der Waals surface area contributed by atoms with E-state index in [1.807, 2.05) is 13.8 Å². The summed E-state index contributed by atoms with van der Waals surface area (Å²) in [4.78, 5) is 35.5. The Morgan fingerprint density at radius 2 is 1.83 bits per heavy atom. The summed E-state index contributed by atoms with van der Waals surface area (Å²) in [6.45, 7) is 5.40. The lowest BCUT2D eigenvalue weighted by Crippen LogP contribution is -2.24. The Hall–Kier alpha value is -4.03.